The van der Waals surface area contributed by atoms with Crippen molar-refractivity contribution in [2.45, 2.75) is 38.7 Å². The number of rotatable bonds is 9. The van der Waals surface area contributed by atoms with Crippen LogP contribution in [-0.2, 0) is 30.7 Å². The Labute approximate surface area is 216 Å². The Kier molecular flexibility index (Phi) is 9.36. The molecule has 0 aromatic heterocycles. The summed E-state index contributed by atoms with van der Waals surface area (Å²) in [5.41, 5.74) is 4.96. The van der Waals surface area contributed by atoms with Crippen molar-refractivity contribution in [3.8, 4) is 5.75 Å². The Morgan fingerprint density at radius 2 is 1.82 bits per heavy atom. The van der Waals surface area contributed by atoms with E-state index in [4.69, 9.17) is 4.74 Å². The number of aliphatic carboxylic acids is 1. The number of ether oxygens (including phenoxy) is 1. The third-order valence-corrected chi connectivity index (χ3v) is 5.91. The molecule has 3 aromatic carbocycles. The van der Waals surface area contributed by atoms with E-state index in [2.05, 4.69) is 41.3 Å². The maximum absolute atomic E-state index is 14.3. The van der Waals surface area contributed by atoms with E-state index in [0.717, 1.165) is 38.1 Å². The number of hydrogen-bond acceptors (Lipinski definition) is 4. The van der Waals surface area contributed by atoms with Gasteiger partial charge in [0, 0.05) is 30.8 Å². The molecule has 0 saturated heterocycles. The van der Waals surface area contributed by atoms with Crippen molar-refractivity contribution in [2.24, 2.45) is 0 Å². The molecule has 6 heteroatoms. The molecule has 0 unspecified atom stereocenters. The molecule has 1 aliphatic heterocycles. The fraction of sp³-hybridized carbons (Fsp3) is 0.296. The molecule has 0 saturated carbocycles. The van der Waals surface area contributed by atoms with Gasteiger partial charge in [-0.2, -0.15) is 0 Å². The molecule has 166 valence electrons. The SMILES string of the molecule is O=C([O-])CCc1ccc(COc2ccc3c(c2)N(CCc2ccccc2)CCC3)cc1F.[Na+]. The number of fused-ring (bicyclic) bond motifs is 1. The first-order valence-corrected chi connectivity index (χ1v) is 11.1. The fourth-order valence-corrected chi connectivity index (χ4v) is 4.15. The smallest absolute Gasteiger partial charge is 0.550 e. The summed E-state index contributed by atoms with van der Waals surface area (Å²) in [6.07, 6.45) is 3.14. The number of carboxylic acid groups (broad SMARTS) is 1. The van der Waals surface area contributed by atoms with Crippen molar-refractivity contribution in [1.82, 2.24) is 0 Å². The van der Waals surface area contributed by atoms with Crippen molar-refractivity contribution in [1.29, 1.82) is 0 Å². The molecule has 0 atom stereocenters. The number of anilines is 1. The molecule has 0 fully saturated rings. The Morgan fingerprint density at radius 1 is 1.00 bits per heavy atom. The van der Waals surface area contributed by atoms with Crippen LogP contribution in [0.1, 0.15) is 35.1 Å². The van der Waals surface area contributed by atoms with Crippen LogP contribution in [0.15, 0.2) is 66.7 Å². The minimum Gasteiger partial charge on any atom is -0.550 e. The predicted octanol–water partition coefficient (Wildman–Crippen LogP) is 1.09. The van der Waals surface area contributed by atoms with Crippen LogP contribution in [0.3, 0.4) is 0 Å². The Bertz CT molecular complexity index is 1070. The van der Waals surface area contributed by atoms with Gasteiger partial charge in [-0.15, -0.1) is 0 Å². The number of halogens is 1. The molecular formula is C27H27FNNaO3. The van der Waals surface area contributed by atoms with Gasteiger partial charge in [0.15, 0.2) is 0 Å². The summed E-state index contributed by atoms with van der Waals surface area (Å²) in [6.45, 7) is 2.24. The van der Waals surface area contributed by atoms with E-state index in [1.54, 1.807) is 12.1 Å². The number of benzene rings is 3. The van der Waals surface area contributed by atoms with Crippen LogP contribution in [0, 0.1) is 5.82 Å². The normalized spacial score (nSPS) is 12.6. The first kappa shape index (κ1) is 25.3. The number of carbonyl (C=O) groups excluding carboxylic acids is 1. The predicted molar refractivity (Wildman–Crippen MR) is 121 cm³/mol. The number of aryl methyl sites for hydroxylation is 2. The molecule has 0 aliphatic carbocycles. The van der Waals surface area contributed by atoms with Crippen molar-refractivity contribution in [3.63, 3.8) is 0 Å². The quantitative estimate of drug-likeness (QED) is 0.454. The van der Waals surface area contributed by atoms with E-state index >= 15 is 0 Å². The van der Waals surface area contributed by atoms with Gasteiger partial charge in [-0.05, 0) is 66.5 Å². The summed E-state index contributed by atoms with van der Waals surface area (Å²) >= 11 is 0. The zero-order valence-electron chi connectivity index (χ0n) is 19.1. The summed E-state index contributed by atoms with van der Waals surface area (Å²) in [5, 5.41) is 10.6. The Morgan fingerprint density at radius 3 is 2.58 bits per heavy atom. The fourth-order valence-electron chi connectivity index (χ4n) is 4.15. The molecular weight excluding hydrogens is 428 g/mol. The van der Waals surface area contributed by atoms with Crippen LogP contribution in [0.4, 0.5) is 10.1 Å². The molecule has 0 radical (unpaired) electrons. The molecule has 1 aliphatic rings. The minimum atomic E-state index is -1.18. The standard InChI is InChI=1S/C27H28FNO3.Na/c28-25-17-21(8-9-22(25)11-13-27(30)31)19-32-24-12-10-23-7-4-15-29(26(23)18-24)16-14-20-5-2-1-3-6-20;/h1-3,5-6,8-10,12,17-18H,4,7,11,13-16,19H2,(H,30,31);/q;+1/p-1. The minimum absolute atomic E-state index is 0. The molecule has 3 aromatic rings. The number of nitrogens with zero attached hydrogens (tertiary/aromatic N) is 1. The monoisotopic (exact) mass is 455 g/mol. The van der Waals surface area contributed by atoms with Crippen molar-refractivity contribution in [3.05, 3.63) is 94.8 Å². The van der Waals surface area contributed by atoms with Crippen LogP contribution < -0.4 is 44.3 Å². The van der Waals surface area contributed by atoms with Crippen LogP contribution >= 0.6 is 0 Å². The summed E-state index contributed by atoms with van der Waals surface area (Å²) in [6, 6.07) is 21.5. The zero-order valence-corrected chi connectivity index (χ0v) is 21.1. The summed E-state index contributed by atoms with van der Waals surface area (Å²) in [4.78, 5) is 13.0. The van der Waals surface area contributed by atoms with Gasteiger partial charge in [-0.1, -0.05) is 48.5 Å². The Balaban J connectivity index is 0.00000306. The molecule has 4 nitrogen and oxygen atoms in total. The first-order chi connectivity index (χ1) is 15.6. The average Bonchev–Trinajstić information content (AvgIpc) is 2.81. The average molecular weight is 456 g/mol. The number of carboxylic acids is 1. The second-order valence-electron chi connectivity index (χ2n) is 8.20. The number of carbonyl (C=O) groups is 1. The van der Waals surface area contributed by atoms with Crippen molar-refractivity contribution in [2.75, 3.05) is 18.0 Å². The van der Waals surface area contributed by atoms with Gasteiger partial charge in [0.1, 0.15) is 18.2 Å². The molecule has 4 rings (SSSR count). The van der Waals surface area contributed by atoms with Crippen molar-refractivity contribution < 1.29 is 48.6 Å². The van der Waals surface area contributed by atoms with Crippen LogP contribution in [-0.4, -0.2) is 19.1 Å². The van der Waals surface area contributed by atoms with E-state index in [1.165, 1.54) is 22.9 Å². The van der Waals surface area contributed by atoms with Gasteiger partial charge in [-0.3, -0.25) is 0 Å². The second-order valence-corrected chi connectivity index (χ2v) is 8.20. The van der Waals surface area contributed by atoms with Gasteiger partial charge >= 0.3 is 29.6 Å². The Hall–Kier alpha value is -2.34. The van der Waals surface area contributed by atoms with Crippen LogP contribution in [0.2, 0.25) is 0 Å². The summed E-state index contributed by atoms with van der Waals surface area (Å²) < 4.78 is 20.2. The molecule has 0 N–H and O–H groups in total. The zero-order chi connectivity index (χ0) is 22.3. The number of hydrogen-bond donors (Lipinski definition) is 0. The maximum Gasteiger partial charge on any atom is 1.00 e. The van der Waals surface area contributed by atoms with Crippen LogP contribution in [0.5, 0.6) is 5.75 Å². The summed E-state index contributed by atoms with van der Waals surface area (Å²) in [7, 11) is 0. The molecule has 0 bridgehead atoms. The van der Waals surface area contributed by atoms with E-state index in [9.17, 15) is 14.3 Å². The van der Waals surface area contributed by atoms with E-state index in [1.807, 2.05) is 12.1 Å². The third-order valence-electron chi connectivity index (χ3n) is 5.91. The molecule has 0 spiro atoms. The molecule has 1 heterocycles. The van der Waals surface area contributed by atoms with E-state index in [0.29, 0.717) is 11.1 Å². The van der Waals surface area contributed by atoms with Gasteiger partial charge < -0.3 is 19.5 Å². The van der Waals surface area contributed by atoms with E-state index in [-0.39, 0.29) is 49.0 Å². The van der Waals surface area contributed by atoms with Gasteiger partial charge in [0.05, 0.1) is 0 Å². The maximum atomic E-state index is 14.3. The third kappa shape index (κ3) is 7.07. The molecule has 0 amide bonds. The van der Waals surface area contributed by atoms with Gasteiger partial charge in [-0.25, -0.2) is 4.39 Å². The van der Waals surface area contributed by atoms with Crippen molar-refractivity contribution >= 4 is 11.7 Å². The largest absolute Gasteiger partial charge is 1.00 e. The topological polar surface area (TPSA) is 52.6 Å². The second kappa shape index (κ2) is 12.2. The first-order valence-electron chi connectivity index (χ1n) is 11.1. The molecule has 33 heavy (non-hydrogen) atoms. The summed E-state index contributed by atoms with van der Waals surface area (Å²) in [5.74, 6) is -0.830. The van der Waals surface area contributed by atoms with Crippen LogP contribution in [0.25, 0.3) is 0 Å². The van der Waals surface area contributed by atoms with Gasteiger partial charge in [0.2, 0.25) is 0 Å². The van der Waals surface area contributed by atoms with Gasteiger partial charge in [0.25, 0.3) is 0 Å². The van der Waals surface area contributed by atoms with E-state index < -0.39 is 11.8 Å².